The first-order valence-electron chi connectivity index (χ1n) is 7.31. The van der Waals surface area contributed by atoms with E-state index >= 15 is 0 Å². The maximum Gasteiger partial charge on any atom is 0.306 e. The molecule has 1 aliphatic rings. The molecule has 2 rings (SSSR count). The maximum atomic E-state index is 12.0. The van der Waals surface area contributed by atoms with Crippen molar-refractivity contribution in [2.45, 2.75) is 44.6 Å². The highest BCUT2D eigenvalue weighted by molar-refractivity contribution is 9.10. The summed E-state index contributed by atoms with van der Waals surface area (Å²) in [6.45, 7) is 0. The van der Waals surface area contributed by atoms with Gasteiger partial charge in [0, 0.05) is 16.9 Å². The number of carbonyl (C=O) groups excluding carboxylic acids is 1. The van der Waals surface area contributed by atoms with Gasteiger partial charge in [-0.15, -0.1) is 0 Å². The fourth-order valence-electron chi connectivity index (χ4n) is 2.80. The third-order valence-electron chi connectivity index (χ3n) is 3.92. The molecule has 0 saturated heterocycles. The molecule has 0 heterocycles. The van der Waals surface area contributed by atoms with Gasteiger partial charge < -0.3 is 10.4 Å². The normalized spacial score (nSPS) is 21.8. The summed E-state index contributed by atoms with van der Waals surface area (Å²) in [4.78, 5) is 23.0. The fourth-order valence-corrected chi connectivity index (χ4v) is 3.24. The van der Waals surface area contributed by atoms with Gasteiger partial charge in [-0.3, -0.25) is 9.59 Å². The number of benzene rings is 1. The highest BCUT2D eigenvalue weighted by Crippen LogP contribution is 2.24. The topological polar surface area (TPSA) is 66.4 Å². The van der Waals surface area contributed by atoms with Crippen LogP contribution in [0, 0.1) is 5.92 Å². The van der Waals surface area contributed by atoms with Gasteiger partial charge in [0.05, 0.1) is 5.92 Å². The Balaban J connectivity index is 1.78. The van der Waals surface area contributed by atoms with Gasteiger partial charge in [0.1, 0.15) is 0 Å². The summed E-state index contributed by atoms with van der Waals surface area (Å²) in [7, 11) is 0. The number of hydrogen-bond donors (Lipinski definition) is 2. The minimum atomic E-state index is -0.747. The van der Waals surface area contributed by atoms with Crippen LogP contribution in [0.2, 0.25) is 0 Å². The summed E-state index contributed by atoms with van der Waals surface area (Å²) >= 11 is 3.41. The van der Waals surface area contributed by atoms with Gasteiger partial charge in [0.25, 0.3) is 0 Å². The Bertz CT molecular complexity index is 518. The molecule has 114 valence electrons. The van der Waals surface area contributed by atoms with E-state index in [0.29, 0.717) is 19.3 Å². The van der Waals surface area contributed by atoms with Crippen LogP contribution in [0.5, 0.6) is 0 Å². The molecule has 1 amide bonds. The van der Waals surface area contributed by atoms with Gasteiger partial charge in [-0.05, 0) is 43.4 Å². The number of carboxylic acid groups (broad SMARTS) is 1. The van der Waals surface area contributed by atoms with Crippen LogP contribution in [0.4, 0.5) is 0 Å². The smallest absolute Gasteiger partial charge is 0.306 e. The quantitative estimate of drug-likeness (QED) is 0.854. The number of amides is 1. The second-order valence-corrected chi connectivity index (χ2v) is 6.51. The average Bonchev–Trinajstić information content (AvgIpc) is 2.45. The van der Waals surface area contributed by atoms with Crippen LogP contribution in [0.15, 0.2) is 28.7 Å². The summed E-state index contributed by atoms with van der Waals surface area (Å²) < 4.78 is 1.01. The number of aryl methyl sites for hydroxylation is 1. The fraction of sp³-hybridized carbons (Fsp3) is 0.500. The first-order chi connectivity index (χ1) is 10.0. The zero-order chi connectivity index (χ0) is 15.2. The number of rotatable bonds is 5. The molecule has 2 unspecified atom stereocenters. The minimum absolute atomic E-state index is 0.00557. The molecule has 21 heavy (non-hydrogen) atoms. The standard InChI is InChI=1S/C16H20BrNO3/c17-13-5-1-3-11(9-13)7-8-15(19)18-14-6-2-4-12(10-14)16(20)21/h1,3,5,9,12,14H,2,4,6-8,10H2,(H,18,19)(H,20,21). The number of hydrogen-bond acceptors (Lipinski definition) is 2. The van der Waals surface area contributed by atoms with E-state index in [-0.39, 0.29) is 17.9 Å². The lowest BCUT2D eigenvalue weighted by atomic mass is 9.85. The first-order valence-corrected chi connectivity index (χ1v) is 8.10. The third-order valence-corrected chi connectivity index (χ3v) is 4.41. The predicted octanol–water partition coefficient (Wildman–Crippen LogP) is 3.14. The Hall–Kier alpha value is -1.36. The highest BCUT2D eigenvalue weighted by atomic mass is 79.9. The van der Waals surface area contributed by atoms with E-state index in [1.165, 1.54) is 0 Å². The van der Waals surface area contributed by atoms with Gasteiger partial charge in [0.15, 0.2) is 0 Å². The van der Waals surface area contributed by atoms with Gasteiger partial charge in [-0.2, -0.15) is 0 Å². The molecule has 1 aliphatic carbocycles. The van der Waals surface area contributed by atoms with Gasteiger partial charge >= 0.3 is 5.97 Å². The Labute approximate surface area is 133 Å². The van der Waals surface area contributed by atoms with Crippen molar-refractivity contribution < 1.29 is 14.7 Å². The molecule has 1 fully saturated rings. The highest BCUT2D eigenvalue weighted by Gasteiger charge is 2.27. The Morgan fingerprint density at radius 2 is 2.14 bits per heavy atom. The van der Waals surface area contributed by atoms with Crippen molar-refractivity contribution in [2.24, 2.45) is 5.92 Å². The van der Waals surface area contributed by atoms with Crippen LogP contribution in [0.3, 0.4) is 0 Å². The Morgan fingerprint density at radius 3 is 2.86 bits per heavy atom. The van der Waals surface area contributed by atoms with E-state index in [1.54, 1.807) is 0 Å². The second-order valence-electron chi connectivity index (χ2n) is 5.60. The number of halogens is 1. The van der Waals surface area contributed by atoms with Crippen molar-refractivity contribution in [3.8, 4) is 0 Å². The van der Waals surface area contributed by atoms with E-state index in [1.807, 2.05) is 24.3 Å². The van der Waals surface area contributed by atoms with Gasteiger partial charge in [0.2, 0.25) is 5.91 Å². The van der Waals surface area contributed by atoms with Crippen LogP contribution in [0.1, 0.15) is 37.7 Å². The van der Waals surface area contributed by atoms with Crippen LogP contribution in [-0.2, 0) is 16.0 Å². The van der Waals surface area contributed by atoms with Crippen molar-refractivity contribution in [2.75, 3.05) is 0 Å². The third kappa shape index (κ3) is 5.16. The Kier molecular flexibility index (Phi) is 5.79. The van der Waals surface area contributed by atoms with Crippen molar-refractivity contribution in [3.05, 3.63) is 34.3 Å². The maximum absolute atomic E-state index is 12.0. The van der Waals surface area contributed by atoms with Crippen molar-refractivity contribution in [3.63, 3.8) is 0 Å². The monoisotopic (exact) mass is 353 g/mol. The second kappa shape index (κ2) is 7.59. The zero-order valence-electron chi connectivity index (χ0n) is 11.8. The molecule has 0 spiro atoms. The summed E-state index contributed by atoms with van der Waals surface area (Å²) in [6.07, 6.45) is 4.16. The predicted molar refractivity (Wildman–Crippen MR) is 84.0 cm³/mol. The molecule has 2 atom stereocenters. The molecule has 1 aromatic rings. The molecule has 0 bridgehead atoms. The molecular formula is C16H20BrNO3. The zero-order valence-corrected chi connectivity index (χ0v) is 13.4. The molecule has 0 aromatic heterocycles. The number of carboxylic acids is 1. The van der Waals surface area contributed by atoms with E-state index in [4.69, 9.17) is 5.11 Å². The number of carbonyl (C=O) groups is 2. The van der Waals surface area contributed by atoms with Gasteiger partial charge in [-0.1, -0.05) is 34.5 Å². The van der Waals surface area contributed by atoms with Crippen molar-refractivity contribution in [1.82, 2.24) is 5.32 Å². The average molecular weight is 354 g/mol. The molecule has 1 saturated carbocycles. The SMILES string of the molecule is O=C(CCc1cccc(Br)c1)NC1CCCC(C(=O)O)C1. The molecule has 1 aromatic carbocycles. The van der Waals surface area contributed by atoms with Crippen LogP contribution >= 0.6 is 15.9 Å². The van der Waals surface area contributed by atoms with Crippen LogP contribution < -0.4 is 5.32 Å². The molecule has 2 N–H and O–H groups in total. The molecular weight excluding hydrogens is 334 g/mol. The number of aliphatic carboxylic acids is 1. The van der Waals surface area contributed by atoms with Crippen LogP contribution in [-0.4, -0.2) is 23.0 Å². The van der Waals surface area contributed by atoms with E-state index in [0.717, 1.165) is 29.3 Å². The van der Waals surface area contributed by atoms with E-state index < -0.39 is 5.97 Å². The van der Waals surface area contributed by atoms with Crippen LogP contribution in [0.25, 0.3) is 0 Å². The number of nitrogens with one attached hydrogen (secondary N) is 1. The summed E-state index contributed by atoms with van der Waals surface area (Å²) in [5, 5.41) is 12.0. The van der Waals surface area contributed by atoms with Gasteiger partial charge in [-0.25, -0.2) is 0 Å². The van der Waals surface area contributed by atoms with Crippen molar-refractivity contribution >= 4 is 27.8 Å². The molecule has 4 nitrogen and oxygen atoms in total. The first kappa shape index (κ1) is 16.0. The summed E-state index contributed by atoms with van der Waals surface area (Å²) in [6, 6.07) is 7.93. The Morgan fingerprint density at radius 1 is 1.33 bits per heavy atom. The van der Waals surface area contributed by atoms with E-state index in [9.17, 15) is 9.59 Å². The largest absolute Gasteiger partial charge is 0.481 e. The lowest BCUT2D eigenvalue weighted by Gasteiger charge is -2.27. The summed E-state index contributed by atoms with van der Waals surface area (Å²) in [5.41, 5.74) is 1.12. The summed E-state index contributed by atoms with van der Waals surface area (Å²) in [5.74, 6) is -1.05. The van der Waals surface area contributed by atoms with E-state index in [2.05, 4.69) is 21.2 Å². The lowest BCUT2D eigenvalue weighted by Crippen LogP contribution is -2.40. The lowest BCUT2D eigenvalue weighted by molar-refractivity contribution is -0.143. The molecule has 0 aliphatic heterocycles. The molecule has 0 radical (unpaired) electrons. The minimum Gasteiger partial charge on any atom is -0.481 e. The molecule has 5 heteroatoms. The van der Waals surface area contributed by atoms with Crippen molar-refractivity contribution in [1.29, 1.82) is 0 Å².